The summed E-state index contributed by atoms with van der Waals surface area (Å²) in [6.45, 7) is 4.15. The lowest BCUT2D eigenvalue weighted by atomic mass is 9.92. The van der Waals surface area contributed by atoms with Crippen LogP contribution in [-0.4, -0.2) is 29.1 Å². The van der Waals surface area contributed by atoms with Gasteiger partial charge in [-0.25, -0.2) is 4.79 Å². The van der Waals surface area contributed by atoms with E-state index in [1.165, 1.54) is 0 Å². The molecule has 0 unspecified atom stereocenters. The molecule has 1 aromatic rings. The second kappa shape index (κ2) is 5.53. The molecule has 0 aliphatic carbocycles. The van der Waals surface area contributed by atoms with Gasteiger partial charge >= 0.3 is 5.97 Å². The minimum absolute atomic E-state index is 0.346. The molecule has 1 aliphatic rings. The topological polar surface area (TPSA) is 75.6 Å². The number of carbonyl (C=O) groups excluding carboxylic acids is 1. The number of hydrogen-bond donors (Lipinski definition) is 2. The van der Waals surface area contributed by atoms with Crippen LogP contribution in [0.3, 0.4) is 0 Å². The Balaban J connectivity index is 2.21. The highest BCUT2D eigenvalue weighted by molar-refractivity contribution is 5.98. The van der Waals surface area contributed by atoms with Gasteiger partial charge in [0.25, 0.3) is 5.91 Å². The second-order valence-corrected chi connectivity index (χ2v) is 4.97. The molecule has 0 fully saturated rings. The molecule has 0 aromatic heterocycles. The highest BCUT2D eigenvalue weighted by atomic mass is 16.5. The molecule has 108 valence electrons. The lowest BCUT2D eigenvalue weighted by molar-refractivity contribution is -0.144. The third kappa shape index (κ3) is 2.48. The van der Waals surface area contributed by atoms with Gasteiger partial charge < -0.3 is 15.2 Å². The molecular weight excluding hydrogens is 258 g/mol. The number of hydrogen-bond acceptors (Lipinski definition) is 3. The molecule has 0 saturated heterocycles. The lowest BCUT2D eigenvalue weighted by Crippen LogP contribution is -2.53. The molecule has 0 saturated carbocycles. The summed E-state index contributed by atoms with van der Waals surface area (Å²) in [6, 6.07) is 5.20. The van der Waals surface area contributed by atoms with Gasteiger partial charge in [-0.1, -0.05) is 13.8 Å². The van der Waals surface area contributed by atoms with Gasteiger partial charge in [0.2, 0.25) is 0 Å². The number of fused-ring (bicyclic) bond motifs is 1. The van der Waals surface area contributed by atoms with Crippen LogP contribution in [0.1, 0.15) is 42.6 Å². The van der Waals surface area contributed by atoms with Gasteiger partial charge in [-0.15, -0.1) is 0 Å². The Hall–Kier alpha value is -2.04. The van der Waals surface area contributed by atoms with Crippen molar-refractivity contribution < 1.29 is 19.4 Å². The SMILES string of the molecule is CCC(CC)(NC(=O)c1ccc2c(c1)CCO2)C(=O)O. The van der Waals surface area contributed by atoms with Gasteiger partial charge in [-0.05, 0) is 36.6 Å². The quantitative estimate of drug-likeness (QED) is 0.863. The molecule has 5 heteroatoms. The molecule has 1 heterocycles. The maximum Gasteiger partial charge on any atom is 0.329 e. The summed E-state index contributed by atoms with van der Waals surface area (Å²) in [7, 11) is 0. The Morgan fingerprint density at radius 1 is 1.35 bits per heavy atom. The van der Waals surface area contributed by atoms with Crippen molar-refractivity contribution in [3.63, 3.8) is 0 Å². The Morgan fingerprint density at radius 2 is 2.05 bits per heavy atom. The summed E-state index contributed by atoms with van der Waals surface area (Å²) in [5.74, 6) is -0.553. The second-order valence-electron chi connectivity index (χ2n) is 4.97. The fourth-order valence-corrected chi connectivity index (χ4v) is 2.40. The highest BCUT2D eigenvalue weighted by Crippen LogP contribution is 2.26. The van der Waals surface area contributed by atoms with Crippen molar-refractivity contribution >= 4 is 11.9 Å². The number of carbonyl (C=O) groups is 2. The molecule has 1 aromatic carbocycles. The van der Waals surface area contributed by atoms with Crippen LogP contribution in [0.25, 0.3) is 0 Å². The van der Waals surface area contributed by atoms with E-state index in [1.54, 1.807) is 32.0 Å². The molecule has 5 nitrogen and oxygen atoms in total. The van der Waals surface area contributed by atoms with E-state index in [2.05, 4.69) is 5.32 Å². The molecule has 1 aliphatic heterocycles. The van der Waals surface area contributed by atoms with E-state index < -0.39 is 11.5 Å². The zero-order chi connectivity index (χ0) is 14.8. The normalized spacial score (nSPS) is 13.5. The van der Waals surface area contributed by atoms with Crippen LogP contribution in [0.2, 0.25) is 0 Å². The lowest BCUT2D eigenvalue weighted by Gasteiger charge is -2.28. The number of carboxylic acids is 1. The van der Waals surface area contributed by atoms with Crippen LogP contribution >= 0.6 is 0 Å². The predicted octanol–water partition coefficient (Wildman–Crippen LogP) is 1.99. The van der Waals surface area contributed by atoms with Crippen LogP contribution in [0, 0.1) is 0 Å². The van der Waals surface area contributed by atoms with Crippen molar-refractivity contribution in [2.24, 2.45) is 0 Å². The molecule has 0 bridgehead atoms. The monoisotopic (exact) mass is 277 g/mol. The standard InChI is InChI=1S/C15H19NO4/c1-3-15(4-2,14(18)19)16-13(17)11-5-6-12-10(9-11)7-8-20-12/h5-6,9H,3-4,7-8H2,1-2H3,(H,16,17)(H,18,19). The number of rotatable bonds is 5. The average Bonchev–Trinajstić information content (AvgIpc) is 2.91. The Labute approximate surface area is 117 Å². The first-order valence-electron chi connectivity index (χ1n) is 6.84. The van der Waals surface area contributed by atoms with E-state index in [-0.39, 0.29) is 5.91 Å². The van der Waals surface area contributed by atoms with Crippen molar-refractivity contribution in [1.82, 2.24) is 5.32 Å². The molecule has 1 amide bonds. The maximum absolute atomic E-state index is 12.3. The third-order valence-corrected chi connectivity index (χ3v) is 3.92. The predicted molar refractivity (Wildman–Crippen MR) is 74.1 cm³/mol. The van der Waals surface area contributed by atoms with Crippen LogP contribution < -0.4 is 10.1 Å². The summed E-state index contributed by atoms with van der Waals surface area (Å²) in [5, 5.41) is 12.0. The van der Waals surface area contributed by atoms with Gasteiger partial charge in [0.15, 0.2) is 0 Å². The van der Waals surface area contributed by atoms with Crippen LogP contribution in [0.5, 0.6) is 5.75 Å². The van der Waals surface area contributed by atoms with E-state index >= 15 is 0 Å². The van der Waals surface area contributed by atoms with Crippen molar-refractivity contribution in [2.45, 2.75) is 38.6 Å². The highest BCUT2D eigenvalue weighted by Gasteiger charge is 2.36. The van der Waals surface area contributed by atoms with E-state index in [4.69, 9.17) is 4.74 Å². The molecule has 0 atom stereocenters. The van der Waals surface area contributed by atoms with Crippen molar-refractivity contribution in [1.29, 1.82) is 0 Å². The van der Waals surface area contributed by atoms with Crippen molar-refractivity contribution in [3.8, 4) is 5.75 Å². The van der Waals surface area contributed by atoms with Gasteiger partial charge in [0, 0.05) is 12.0 Å². The number of aliphatic carboxylic acids is 1. The summed E-state index contributed by atoms with van der Waals surface area (Å²) in [5.41, 5.74) is 0.264. The average molecular weight is 277 g/mol. The summed E-state index contributed by atoms with van der Waals surface area (Å²) < 4.78 is 5.39. The third-order valence-electron chi connectivity index (χ3n) is 3.92. The Morgan fingerprint density at radius 3 is 2.65 bits per heavy atom. The van der Waals surface area contributed by atoms with E-state index in [1.807, 2.05) is 0 Å². The van der Waals surface area contributed by atoms with Crippen molar-refractivity contribution in [2.75, 3.05) is 6.61 Å². The van der Waals surface area contributed by atoms with E-state index in [0.717, 1.165) is 17.7 Å². The largest absolute Gasteiger partial charge is 0.493 e. The van der Waals surface area contributed by atoms with Gasteiger partial charge in [0.05, 0.1) is 6.61 Å². The number of benzene rings is 1. The van der Waals surface area contributed by atoms with Gasteiger partial charge in [-0.3, -0.25) is 4.79 Å². The van der Waals surface area contributed by atoms with Crippen LogP contribution in [0.15, 0.2) is 18.2 Å². The maximum atomic E-state index is 12.3. The number of ether oxygens (including phenoxy) is 1. The molecule has 0 spiro atoms. The minimum Gasteiger partial charge on any atom is -0.493 e. The van der Waals surface area contributed by atoms with Gasteiger partial charge in [0.1, 0.15) is 11.3 Å². The molecule has 2 rings (SSSR count). The zero-order valence-electron chi connectivity index (χ0n) is 11.7. The summed E-state index contributed by atoms with van der Waals surface area (Å²) >= 11 is 0. The first kappa shape index (κ1) is 14.4. The number of carboxylic acid groups (broad SMARTS) is 1. The first-order valence-corrected chi connectivity index (χ1v) is 6.84. The number of amides is 1. The Bertz CT molecular complexity index is 535. The summed E-state index contributed by atoms with van der Waals surface area (Å²) in [6.07, 6.45) is 1.47. The fourth-order valence-electron chi connectivity index (χ4n) is 2.40. The Kier molecular flexibility index (Phi) is 3.97. The van der Waals surface area contributed by atoms with Crippen molar-refractivity contribution in [3.05, 3.63) is 29.3 Å². The van der Waals surface area contributed by atoms with Crippen LogP contribution in [0.4, 0.5) is 0 Å². The van der Waals surface area contributed by atoms with E-state index in [9.17, 15) is 14.7 Å². The van der Waals surface area contributed by atoms with Crippen LogP contribution in [-0.2, 0) is 11.2 Å². The number of nitrogens with one attached hydrogen (secondary N) is 1. The molecule has 0 radical (unpaired) electrons. The first-order chi connectivity index (χ1) is 9.52. The van der Waals surface area contributed by atoms with E-state index in [0.29, 0.717) is 25.0 Å². The molecule has 2 N–H and O–H groups in total. The minimum atomic E-state index is -1.20. The molecule has 20 heavy (non-hydrogen) atoms. The smallest absolute Gasteiger partial charge is 0.329 e. The summed E-state index contributed by atoms with van der Waals surface area (Å²) in [4.78, 5) is 23.7. The van der Waals surface area contributed by atoms with Gasteiger partial charge in [-0.2, -0.15) is 0 Å². The molecular formula is C15H19NO4. The zero-order valence-corrected chi connectivity index (χ0v) is 11.7. The fraction of sp³-hybridized carbons (Fsp3) is 0.467.